The zero-order chi connectivity index (χ0) is 20.1. The van der Waals surface area contributed by atoms with Gasteiger partial charge in [0.2, 0.25) is 0 Å². The average Bonchev–Trinajstić information content (AvgIpc) is 2.69. The summed E-state index contributed by atoms with van der Waals surface area (Å²) in [7, 11) is 0. The van der Waals surface area contributed by atoms with Crippen LogP contribution in [-0.4, -0.2) is 24.2 Å². The van der Waals surface area contributed by atoms with E-state index in [4.69, 9.17) is 28.3 Å². The van der Waals surface area contributed by atoms with Crippen molar-refractivity contribution >= 4 is 35.0 Å². The van der Waals surface area contributed by atoms with Gasteiger partial charge >= 0.3 is 5.97 Å². The van der Waals surface area contributed by atoms with Crippen molar-refractivity contribution in [3.05, 3.63) is 58.2 Å². The predicted octanol–water partition coefficient (Wildman–Crippen LogP) is 3.77. The van der Waals surface area contributed by atoms with Crippen molar-refractivity contribution in [3.8, 4) is 11.1 Å². The molecule has 0 saturated carbocycles. The molecule has 1 fully saturated rings. The summed E-state index contributed by atoms with van der Waals surface area (Å²) in [4.78, 5) is 14.2. The Morgan fingerprint density at radius 3 is 2.36 bits per heavy atom. The summed E-state index contributed by atoms with van der Waals surface area (Å²) in [6.45, 7) is 2.22. The van der Waals surface area contributed by atoms with Gasteiger partial charge in [0.15, 0.2) is 5.70 Å². The van der Waals surface area contributed by atoms with E-state index >= 15 is 0 Å². The Bertz CT molecular complexity index is 880. The van der Waals surface area contributed by atoms with Gasteiger partial charge in [-0.3, -0.25) is 5.84 Å². The van der Waals surface area contributed by atoms with Crippen LogP contribution in [-0.2, 0) is 4.79 Å². The first-order chi connectivity index (χ1) is 13.5. The molecule has 148 valence electrons. The fourth-order valence-electron chi connectivity index (χ4n) is 3.21. The Morgan fingerprint density at radius 1 is 1.11 bits per heavy atom. The number of nitrogens with zero attached hydrogens (tertiary/aromatic N) is 1. The lowest BCUT2D eigenvalue weighted by molar-refractivity contribution is -0.133. The van der Waals surface area contributed by atoms with Gasteiger partial charge in [-0.05, 0) is 49.1 Å². The summed E-state index contributed by atoms with van der Waals surface area (Å²) in [5, 5.41) is 9.69. The number of thioether (sulfide) groups is 1. The van der Waals surface area contributed by atoms with E-state index in [0.29, 0.717) is 5.02 Å². The van der Waals surface area contributed by atoms with Crippen molar-refractivity contribution in [3.63, 3.8) is 0 Å². The Hall–Kier alpha value is -2.35. The minimum Gasteiger partial charge on any atom is -0.476 e. The molecule has 6 N–H and O–H groups in total. The Labute approximate surface area is 173 Å². The maximum atomic E-state index is 11.1. The van der Waals surface area contributed by atoms with E-state index in [-0.39, 0.29) is 10.7 Å². The van der Waals surface area contributed by atoms with E-state index in [1.807, 2.05) is 12.1 Å². The van der Waals surface area contributed by atoms with Gasteiger partial charge in [0, 0.05) is 34.3 Å². The number of nitrogens with two attached hydrogens (primary N) is 2. The maximum Gasteiger partial charge on any atom is 0.356 e. The standard InChI is InChI=1S/C20H23ClN4O2S/c21-17-12-15(28-19(22)18(24-23)20(26)27)8-9-16(17)13-4-6-14(7-5-13)25-10-2-1-3-11-25/h4-9,12,24H,1-3,10-11,22-23H2,(H,26,27)/b19-18+. The number of rotatable bonds is 6. The molecule has 8 heteroatoms. The van der Waals surface area contributed by atoms with E-state index < -0.39 is 5.97 Å². The minimum absolute atomic E-state index is 0.0599. The summed E-state index contributed by atoms with van der Waals surface area (Å²) in [5.41, 5.74) is 10.8. The van der Waals surface area contributed by atoms with Crippen LogP contribution in [0.2, 0.25) is 5.02 Å². The van der Waals surface area contributed by atoms with Crippen LogP contribution in [0.4, 0.5) is 5.69 Å². The second-order valence-electron chi connectivity index (χ2n) is 6.53. The molecule has 2 aromatic carbocycles. The van der Waals surface area contributed by atoms with Crippen LogP contribution >= 0.6 is 23.4 Å². The maximum absolute atomic E-state index is 11.1. The molecule has 0 atom stereocenters. The van der Waals surface area contributed by atoms with E-state index in [2.05, 4.69) is 34.6 Å². The van der Waals surface area contributed by atoms with Gasteiger partial charge in [-0.25, -0.2) is 4.79 Å². The third-order valence-corrected chi connectivity index (χ3v) is 5.90. The van der Waals surface area contributed by atoms with Crippen LogP contribution in [0.25, 0.3) is 11.1 Å². The smallest absolute Gasteiger partial charge is 0.356 e. The first kappa shape index (κ1) is 20.4. The van der Waals surface area contributed by atoms with Crippen LogP contribution in [0.1, 0.15) is 19.3 Å². The predicted molar refractivity (Wildman–Crippen MR) is 115 cm³/mol. The highest BCUT2D eigenvalue weighted by Gasteiger charge is 2.14. The highest BCUT2D eigenvalue weighted by atomic mass is 35.5. The number of carboxylic acids is 1. The van der Waals surface area contributed by atoms with Gasteiger partial charge in [0.25, 0.3) is 0 Å². The lowest BCUT2D eigenvalue weighted by atomic mass is 10.0. The molecule has 2 aromatic rings. The number of carboxylic acid groups (broad SMARTS) is 1. The summed E-state index contributed by atoms with van der Waals surface area (Å²) in [5.74, 6) is 3.99. The minimum atomic E-state index is -1.22. The summed E-state index contributed by atoms with van der Waals surface area (Å²) in [6, 6.07) is 13.9. The Balaban J connectivity index is 1.78. The molecule has 0 aromatic heterocycles. The molecular weight excluding hydrogens is 396 g/mol. The van der Waals surface area contributed by atoms with Crippen molar-refractivity contribution in [2.45, 2.75) is 24.2 Å². The molecule has 0 spiro atoms. The van der Waals surface area contributed by atoms with Crippen molar-refractivity contribution < 1.29 is 9.90 Å². The van der Waals surface area contributed by atoms with Crippen molar-refractivity contribution in [1.29, 1.82) is 0 Å². The second kappa shape index (κ2) is 9.23. The lowest BCUT2D eigenvalue weighted by Gasteiger charge is -2.28. The molecule has 1 heterocycles. The van der Waals surface area contributed by atoms with Crippen molar-refractivity contribution in [2.24, 2.45) is 11.6 Å². The SMILES string of the molecule is NN/C(C(=O)O)=C(\N)Sc1ccc(-c2ccc(N3CCCCC3)cc2)c(Cl)c1. The molecule has 6 nitrogen and oxygen atoms in total. The molecule has 1 aliphatic rings. The number of aliphatic carboxylic acids is 1. The molecule has 0 amide bonds. The summed E-state index contributed by atoms with van der Waals surface area (Å²) in [6.07, 6.45) is 3.80. The zero-order valence-corrected chi connectivity index (χ0v) is 16.9. The number of hydrogen-bond acceptors (Lipinski definition) is 6. The highest BCUT2D eigenvalue weighted by Crippen LogP contribution is 2.34. The fourth-order valence-corrected chi connectivity index (χ4v) is 4.38. The van der Waals surface area contributed by atoms with E-state index in [0.717, 1.165) is 40.9 Å². The van der Waals surface area contributed by atoms with E-state index in [1.54, 1.807) is 6.07 Å². The third-order valence-electron chi connectivity index (χ3n) is 4.67. The lowest BCUT2D eigenvalue weighted by Crippen LogP contribution is -2.29. The van der Waals surface area contributed by atoms with Crippen molar-refractivity contribution in [2.75, 3.05) is 18.0 Å². The molecule has 0 unspecified atom stereocenters. The van der Waals surface area contributed by atoms with Gasteiger partial charge in [-0.1, -0.05) is 41.6 Å². The first-order valence-corrected chi connectivity index (χ1v) is 10.2. The molecular formula is C20H23ClN4O2S. The van der Waals surface area contributed by atoms with Gasteiger partial charge in [0.1, 0.15) is 5.03 Å². The topological polar surface area (TPSA) is 105 Å². The van der Waals surface area contributed by atoms with Crippen LogP contribution in [0.3, 0.4) is 0 Å². The molecule has 1 saturated heterocycles. The Kier molecular flexibility index (Phi) is 6.72. The summed E-state index contributed by atoms with van der Waals surface area (Å²) >= 11 is 7.56. The number of benzene rings is 2. The molecule has 3 rings (SSSR count). The molecule has 0 bridgehead atoms. The molecule has 1 aliphatic heterocycles. The average molecular weight is 419 g/mol. The highest BCUT2D eigenvalue weighted by molar-refractivity contribution is 8.03. The number of anilines is 1. The normalized spacial score (nSPS) is 15.1. The number of hydrogen-bond donors (Lipinski definition) is 4. The van der Waals surface area contributed by atoms with Gasteiger partial charge < -0.3 is 21.2 Å². The van der Waals surface area contributed by atoms with E-state index in [1.165, 1.54) is 24.9 Å². The fraction of sp³-hybridized carbons (Fsp3) is 0.250. The van der Waals surface area contributed by atoms with Crippen LogP contribution in [0.15, 0.2) is 58.1 Å². The van der Waals surface area contributed by atoms with Crippen LogP contribution in [0.5, 0.6) is 0 Å². The third kappa shape index (κ3) is 4.73. The van der Waals surface area contributed by atoms with E-state index in [9.17, 15) is 4.79 Å². The monoisotopic (exact) mass is 418 g/mol. The molecule has 28 heavy (non-hydrogen) atoms. The van der Waals surface area contributed by atoms with Gasteiger partial charge in [0.05, 0.1) is 0 Å². The van der Waals surface area contributed by atoms with Gasteiger partial charge in [-0.15, -0.1) is 0 Å². The molecule has 0 radical (unpaired) electrons. The van der Waals surface area contributed by atoms with Gasteiger partial charge in [-0.2, -0.15) is 0 Å². The Morgan fingerprint density at radius 2 is 1.79 bits per heavy atom. The zero-order valence-electron chi connectivity index (χ0n) is 15.3. The van der Waals surface area contributed by atoms with Crippen LogP contribution < -0.4 is 21.9 Å². The number of piperidine rings is 1. The number of halogens is 1. The van der Waals surface area contributed by atoms with Crippen molar-refractivity contribution in [1.82, 2.24) is 5.43 Å². The number of carbonyl (C=O) groups is 1. The second-order valence-corrected chi connectivity index (χ2v) is 8.05. The molecule has 0 aliphatic carbocycles. The summed E-state index contributed by atoms with van der Waals surface area (Å²) < 4.78 is 0. The first-order valence-electron chi connectivity index (χ1n) is 9.02. The number of nitrogens with one attached hydrogen (secondary N) is 1. The largest absolute Gasteiger partial charge is 0.476 e. The quantitative estimate of drug-likeness (QED) is 0.245. The van der Waals surface area contributed by atoms with Crippen LogP contribution in [0, 0.1) is 0 Å². The number of hydrazine groups is 1.